The van der Waals surface area contributed by atoms with Gasteiger partial charge in [0, 0.05) is 5.56 Å². The first-order chi connectivity index (χ1) is 8.62. The quantitative estimate of drug-likeness (QED) is 0.625. The van der Waals surface area contributed by atoms with Gasteiger partial charge in [-0.15, -0.1) is 0 Å². The van der Waals surface area contributed by atoms with E-state index in [1.165, 1.54) is 13.8 Å². The van der Waals surface area contributed by atoms with Crippen LogP contribution in [-0.4, -0.2) is 23.5 Å². The Morgan fingerprint density at radius 1 is 1.11 bits per heavy atom. The SMILES string of the molecule is CC(C)(CC(=O)c1ccccc1)OC(=O)C(F)(F)F. The molecule has 0 unspecified atom stereocenters. The molecule has 0 N–H and O–H groups in total. The number of carbonyl (C=O) groups excluding carboxylic acids is 2. The lowest BCUT2D eigenvalue weighted by molar-refractivity contribution is -0.211. The van der Waals surface area contributed by atoms with E-state index in [0.717, 1.165) is 0 Å². The summed E-state index contributed by atoms with van der Waals surface area (Å²) in [7, 11) is 0. The van der Waals surface area contributed by atoms with E-state index < -0.39 is 17.7 Å². The van der Waals surface area contributed by atoms with E-state index in [1.807, 2.05) is 0 Å². The maximum atomic E-state index is 12.1. The van der Waals surface area contributed by atoms with Crippen molar-refractivity contribution in [3.8, 4) is 0 Å². The van der Waals surface area contributed by atoms with Crippen LogP contribution < -0.4 is 0 Å². The zero-order valence-electron chi connectivity index (χ0n) is 10.5. The van der Waals surface area contributed by atoms with Crippen molar-refractivity contribution in [2.24, 2.45) is 0 Å². The van der Waals surface area contributed by atoms with Crippen molar-refractivity contribution in [1.82, 2.24) is 0 Å². The fourth-order valence-electron chi connectivity index (χ4n) is 1.46. The summed E-state index contributed by atoms with van der Waals surface area (Å²) in [6.07, 6.45) is -5.38. The highest BCUT2D eigenvalue weighted by Gasteiger charge is 2.44. The van der Waals surface area contributed by atoms with Crippen molar-refractivity contribution < 1.29 is 27.5 Å². The fourth-order valence-corrected chi connectivity index (χ4v) is 1.46. The van der Waals surface area contributed by atoms with Crippen LogP contribution in [0.3, 0.4) is 0 Å². The summed E-state index contributed by atoms with van der Waals surface area (Å²) in [5.41, 5.74) is -1.15. The first kappa shape index (κ1) is 15.2. The van der Waals surface area contributed by atoms with Gasteiger partial charge in [0.2, 0.25) is 0 Å². The third-order valence-corrected chi connectivity index (χ3v) is 2.28. The normalized spacial score (nSPS) is 12.1. The topological polar surface area (TPSA) is 43.4 Å². The van der Waals surface area contributed by atoms with Gasteiger partial charge in [0.1, 0.15) is 5.60 Å². The Morgan fingerprint density at radius 3 is 2.11 bits per heavy atom. The highest BCUT2D eigenvalue weighted by atomic mass is 19.4. The number of ether oxygens (including phenoxy) is 1. The highest BCUT2D eigenvalue weighted by Crippen LogP contribution is 2.24. The van der Waals surface area contributed by atoms with E-state index in [9.17, 15) is 22.8 Å². The van der Waals surface area contributed by atoms with Crippen LogP contribution >= 0.6 is 0 Å². The van der Waals surface area contributed by atoms with Crippen LogP contribution in [0, 0.1) is 0 Å². The molecule has 0 amide bonds. The molecule has 1 rings (SSSR count). The Hall–Kier alpha value is -1.85. The molecule has 0 aromatic heterocycles. The minimum Gasteiger partial charge on any atom is -0.453 e. The molecule has 0 aliphatic rings. The lowest BCUT2D eigenvalue weighted by atomic mass is 9.97. The molecule has 0 aliphatic heterocycles. The molecule has 0 aliphatic carbocycles. The number of carbonyl (C=O) groups is 2. The van der Waals surface area contributed by atoms with Crippen molar-refractivity contribution in [2.45, 2.75) is 32.0 Å². The molecule has 0 saturated heterocycles. The summed E-state index contributed by atoms with van der Waals surface area (Å²) in [5.74, 6) is -2.68. The number of hydrogen-bond acceptors (Lipinski definition) is 3. The van der Waals surface area contributed by atoms with E-state index >= 15 is 0 Å². The number of esters is 1. The number of rotatable bonds is 4. The number of alkyl halides is 3. The maximum Gasteiger partial charge on any atom is 0.490 e. The molecule has 3 nitrogen and oxygen atoms in total. The van der Waals surface area contributed by atoms with Gasteiger partial charge in [-0.2, -0.15) is 13.2 Å². The van der Waals surface area contributed by atoms with Crippen molar-refractivity contribution in [3.63, 3.8) is 0 Å². The predicted molar refractivity (Wildman–Crippen MR) is 61.6 cm³/mol. The van der Waals surface area contributed by atoms with Gasteiger partial charge < -0.3 is 4.74 Å². The van der Waals surface area contributed by atoms with Gasteiger partial charge in [-0.3, -0.25) is 4.79 Å². The van der Waals surface area contributed by atoms with Gasteiger partial charge in [0.15, 0.2) is 5.78 Å². The third kappa shape index (κ3) is 4.73. The molecule has 0 bridgehead atoms. The minimum atomic E-state index is -5.06. The molecular formula is C13H13F3O3. The van der Waals surface area contributed by atoms with Crippen LogP contribution in [0.25, 0.3) is 0 Å². The van der Waals surface area contributed by atoms with E-state index in [4.69, 9.17) is 0 Å². The van der Waals surface area contributed by atoms with Crippen molar-refractivity contribution in [3.05, 3.63) is 35.9 Å². The van der Waals surface area contributed by atoms with Crippen LogP contribution in [0.1, 0.15) is 30.6 Å². The van der Waals surface area contributed by atoms with Crippen LogP contribution in [0.4, 0.5) is 13.2 Å². The molecule has 1 aromatic carbocycles. The van der Waals surface area contributed by atoms with Gasteiger partial charge in [0.05, 0.1) is 6.42 Å². The molecule has 0 fully saturated rings. The van der Waals surface area contributed by atoms with Crippen LogP contribution in [0.5, 0.6) is 0 Å². The molecular weight excluding hydrogens is 261 g/mol. The Kier molecular flexibility index (Phi) is 4.34. The van der Waals surface area contributed by atoms with Crippen molar-refractivity contribution in [2.75, 3.05) is 0 Å². The van der Waals surface area contributed by atoms with E-state index in [1.54, 1.807) is 30.3 Å². The first-order valence-corrected chi connectivity index (χ1v) is 5.50. The smallest absolute Gasteiger partial charge is 0.453 e. The summed E-state index contributed by atoms with van der Waals surface area (Å²) in [5, 5.41) is 0. The van der Waals surface area contributed by atoms with Gasteiger partial charge in [-0.05, 0) is 13.8 Å². The zero-order chi connectivity index (χ0) is 14.7. The van der Waals surface area contributed by atoms with Gasteiger partial charge in [-0.25, -0.2) is 4.79 Å². The number of hydrogen-bond donors (Lipinski definition) is 0. The van der Waals surface area contributed by atoms with Crippen LogP contribution in [-0.2, 0) is 9.53 Å². The van der Waals surface area contributed by atoms with E-state index in [2.05, 4.69) is 4.74 Å². The van der Waals surface area contributed by atoms with Crippen LogP contribution in [0.2, 0.25) is 0 Å². The lowest BCUT2D eigenvalue weighted by Crippen LogP contribution is -2.37. The predicted octanol–water partition coefficient (Wildman–Crippen LogP) is 3.14. The average molecular weight is 274 g/mol. The summed E-state index contributed by atoms with van der Waals surface area (Å²) >= 11 is 0. The molecule has 0 spiro atoms. The highest BCUT2D eigenvalue weighted by molar-refractivity contribution is 5.96. The Balaban J connectivity index is 2.70. The molecule has 0 saturated carbocycles. The maximum absolute atomic E-state index is 12.1. The molecule has 0 radical (unpaired) electrons. The largest absolute Gasteiger partial charge is 0.490 e. The molecule has 0 atom stereocenters. The number of ketones is 1. The third-order valence-electron chi connectivity index (χ3n) is 2.28. The number of Topliss-reactive ketones (excluding diaryl/α,β-unsaturated/α-hetero) is 1. The first-order valence-electron chi connectivity index (χ1n) is 5.50. The summed E-state index contributed by atoms with van der Waals surface area (Å²) in [6.45, 7) is 2.52. The summed E-state index contributed by atoms with van der Waals surface area (Å²) in [6, 6.07) is 8.09. The molecule has 19 heavy (non-hydrogen) atoms. The second-order valence-corrected chi connectivity index (χ2v) is 4.61. The van der Waals surface area contributed by atoms with Crippen molar-refractivity contribution >= 4 is 11.8 Å². The Bertz CT molecular complexity index is 464. The minimum absolute atomic E-state index is 0.321. The van der Waals surface area contributed by atoms with E-state index in [0.29, 0.717) is 5.56 Å². The second-order valence-electron chi connectivity index (χ2n) is 4.61. The molecule has 104 valence electrons. The second kappa shape index (κ2) is 5.42. The lowest BCUT2D eigenvalue weighted by Gasteiger charge is -2.24. The van der Waals surface area contributed by atoms with E-state index in [-0.39, 0.29) is 12.2 Å². The molecule has 0 heterocycles. The standard InChI is InChI=1S/C13H13F3O3/c1-12(2,19-11(18)13(14,15)16)8-10(17)9-6-4-3-5-7-9/h3-7H,8H2,1-2H3. The fraction of sp³-hybridized carbons (Fsp3) is 0.385. The average Bonchev–Trinajstić information content (AvgIpc) is 2.27. The number of halogens is 3. The monoisotopic (exact) mass is 274 g/mol. The van der Waals surface area contributed by atoms with Crippen LogP contribution in [0.15, 0.2) is 30.3 Å². The summed E-state index contributed by atoms with van der Waals surface area (Å²) < 4.78 is 40.6. The van der Waals surface area contributed by atoms with Gasteiger partial charge in [-0.1, -0.05) is 30.3 Å². The summed E-state index contributed by atoms with van der Waals surface area (Å²) in [4.78, 5) is 22.6. The van der Waals surface area contributed by atoms with Gasteiger partial charge in [0.25, 0.3) is 0 Å². The molecule has 6 heteroatoms. The zero-order valence-corrected chi connectivity index (χ0v) is 10.5. The Morgan fingerprint density at radius 2 is 1.63 bits per heavy atom. The number of benzene rings is 1. The Labute approximate surface area is 108 Å². The molecule has 1 aromatic rings. The van der Waals surface area contributed by atoms with Gasteiger partial charge >= 0.3 is 12.1 Å². The van der Waals surface area contributed by atoms with Crippen molar-refractivity contribution in [1.29, 1.82) is 0 Å².